The summed E-state index contributed by atoms with van der Waals surface area (Å²) in [7, 11) is 1.37. The van der Waals surface area contributed by atoms with Gasteiger partial charge in [-0.1, -0.05) is 24.3 Å². The summed E-state index contributed by atoms with van der Waals surface area (Å²) in [6, 6.07) is 13.2. The lowest BCUT2D eigenvalue weighted by molar-refractivity contribution is -0.147. The van der Waals surface area contributed by atoms with Crippen molar-refractivity contribution >= 4 is 33.9 Å². The lowest BCUT2D eigenvalue weighted by Crippen LogP contribution is -2.49. The van der Waals surface area contributed by atoms with E-state index in [0.29, 0.717) is 37.3 Å². The van der Waals surface area contributed by atoms with Gasteiger partial charge in [0.15, 0.2) is 11.4 Å². The maximum Gasteiger partial charge on any atom is 0.327 e. The van der Waals surface area contributed by atoms with E-state index >= 15 is 0 Å². The second kappa shape index (κ2) is 7.96. The summed E-state index contributed by atoms with van der Waals surface area (Å²) in [6.07, 6.45) is 1.56. The molecule has 0 unspecified atom stereocenters. The van der Waals surface area contributed by atoms with Crippen LogP contribution in [0.15, 0.2) is 59.3 Å². The van der Waals surface area contributed by atoms with Crippen LogP contribution < -0.4 is 4.90 Å². The summed E-state index contributed by atoms with van der Waals surface area (Å²) in [5.74, 6) is 0.0508. The van der Waals surface area contributed by atoms with Gasteiger partial charge in [-0.05, 0) is 29.8 Å². The first kappa shape index (κ1) is 19.4. The molecule has 8 heteroatoms. The van der Waals surface area contributed by atoms with Gasteiger partial charge in [0.2, 0.25) is 0 Å². The number of rotatable bonds is 4. The maximum absolute atomic E-state index is 13.4. The van der Waals surface area contributed by atoms with Gasteiger partial charge >= 0.3 is 5.97 Å². The second-order valence-electron chi connectivity index (χ2n) is 7.47. The first-order valence-corrected chi connectivity index (χ1v) is 10.1. The second-order valence-corrected chi connectivity index (χ2v) is 7.47. The van der Waals surface area contributed by atoms with Crippen molar-refractivity contribution in [3.05, 3.63) is 66.2 Å². The summed E-state index contributed by atoms with van der Waals surface area (Å²) in [6.45, 7) is 2.53. The van der Waals surface area contributed by atoms with Crippen molar-refractivity contribution in [3.8, 4) is 0 Å². The van der Waals surface area contributed by atoms with Crippen LogP contribution in [0.2, 0.25) is 0 Å². The van der Waals surface area contributed by atoms with Gasteiger partial charge in [-0.25, -0.2) is 19.2 Å². The van der Waals surface area contributed by atoms with E-state index in [1.807, 2.05) is 29.2 Å². The number of ether oxygens (including phenoxy) is 1. The van der Waals surface area contributed by atoms with Gasteiger partial charge in [0.1, 0.15) is 29.3 Å². The summed E-state index contributed by atoms with van der Waals surface area (Å²) < 4.78 is 24.4. The predicted molar refractivity (Wildman–Crippen MR) is 114 cm³/mol. The van der Waals surface area contributed by atoms with Gasteiger partial charge in [0.25, 0.3) is 0 Å². The van der Waals surface area contributed by atoms with Crippen LogP contribution in [0.4, 0.5) is 10.2 Å². The number of carbonyl (C=O) groups excluding carboxylic acids is 1. The minimum atomic E-state index is -0.579. The number of halogens is 1. The smallest absolute Gasteiger partial charge is 0.327 e. The fourth-order valence-electron chi connectivity index (χ4n) is 4.18. The van der Waals surface area contributed by atoms with Crippen molar-refractivity contribution in [2.24, 2.45) is 0 Å². The molecule has 4 aromatic rings. The quantitative estimate of drug-likeness (QED) is 0.468. The molecular formula is C23H21FN4O3. The van der Waals surface area contributed by atoms with Crippen LogP contribution in [0, 0.1) is 5.82 Å². The molecule has 0 radical (unpaired) electrons. The number of hydrogen-bond donors (Lipinski definition) is 0. The molecule has 1 atom stereocenters. The zero-order chi connectivity index (χ0) is 21.4. The van der Waals surface area contributed by atoms with E-state index in [0.717, 1.165) is 22.3 Å². The van der Waals surface area contributed by atoms with Crippen LogP contribution in [0.5, 0.6) is 0 Å². The highest BCUT2D eigenvalue weighted by molar-refractivity contribution is 6.05. The van der Waals surface area contributed by atoms with Gasteiger partial charge in [-0.3, -0.25) is 4.90 Å². The zero-order valence-electron chi connectivity index (χ0n) is 17.0. The molecule has 5 rings (SSSR count). The fourth-order valence-corrected chi connectivity index (χ4v) is 4.18. The van der Waals surface area contributed by atoms with Crippen LogP contribution in [0.3, 0.4) is 0 Å². The van der Waals surface area contributed by atoms with Crippen molar-refractivity contribution in [2.45, 2.75) is 6.04 Å². The normalized spacial score (nSPS) is 16.0. The minimum absolute atomic E-state index is 0.337. The van der Waals surface area contributed by atoms with E-state index in [2.05, 4.69) is 14.9 Å². The molecule has 0 amide bonds. The molecule has 0 aliphatic carbocycles. The fraction of sp³-hybridized carbons (Fsp3) is 0.261. The Morgan fingerprint density at radius 3 is 2.55 bits per heavy atom. The van der Waals surface area contributed by atoms with Crippen molar-refractivity contribution in [1.82, 2.24) is 14.9 Å². The molecule has 2 aromatic heterocycles. The van der Waals surface area contributed by atoms with Crippen molar-refractivity contribution in [2.75, 3.05) is 38.2 Å². The van der Waals surface area contributed by atoms with Crippen molar-refractivity contribution in [3.63, 3.8) is 0 Å². The van der Waals surface area contributed by atoms with E-state index in [1.54, 1.807) is 18.5 Å². The zero-order valence-corrected chi connectivity index (χ0v) is 17.0. The van der Waals surface area contributed by atoms with Gasteiger partial charge in [0.05, 0.1) is 7.11 Å². The molecule has 1 aliphatic heterocycles. The Morgan fingerprint density at radius 2 is 1.81 bits per heavy atom. The number of nitrogens with zero attached hydrogens (tertiary/aromatic N) is 4. The van der Waals surface area contributed by atoms with Gasteiger partial charge in [0, 0.05) is 31.6 Å². The number of furan rings is 1. The topological polar surface area (TPSA) is 71.7 Å². The first-order chi connectivity index (χ1) is 15.2. The molecule has 3 heterocycles. The van der Waals surface area contributed by atoms with Crippen molar-refractivity contribution < 1.29 is 18.3 Å². The maximum atomic E-state index is 13.4. The molecular weight excluding hydrogens is 399 g/mol. The third-order valence-corrected chi connectivity index (χ3v) is 5.73. The highest BCUT2D eigenvalue weighted by Crippen LogP contribution is 2.33. The number of piperazine rings is 1. The Morgan fingerprint density at radius 1 is 1.06 bits per heavy atom. The molecule has 158 valence electrons. The number of benzene rings is 2. The molecule has 1 fully saturated rings. The number of aromatic nitrogens is 2. The van der Waals surface area contributed by atoms with E-state index in [1.165, 1.54) is 19.2 Å². The third kappa shape index (κ3) is 3.48. The molecule has 1 saturated heterocycles. The molecule has 2 aromatic carbocycles. The summed E-state index contributed by atoms with van der Waals surface area (Å²) >= 11 is 0. The van der Waals surface area contributed by atoms with E-state index in [9.17, 15) is 9.18 Å². The number of para-hydroxylation sites is 1. The summed E-state index contributed by atoms with van der Waals surface area (Å²) in [5.41, 5.74) is 2.95. The van der Waals surface area contributed by atoms with Crippen LogP contribution in [0.25, 0.3) is 22.1 Å². The highest BCUT2D eigenvalue weighted by atomic mass is 19.1. The average molecular weight is 420 g/mol. The number of fused-ring (bicyclic) bond motifs is 3. The molecule has 0 saturated carbocycles. The van der Waals surface area contributed by atoms with E-state index in [4.69, 9.17) is 9.15 Å². The number of esters is 1. The number of hydrogen-bond acceptors (Lipinski definition) is 7. The van der Waals surface area contributed by atoms with E-state index < -0.39 is 6.04 Å². The van der Waals surface area contributed by atoms with Gasteiger partial charge in [-0.2, -0.15) is 0 Å². The lowest BCUT2D eigenvalue weighted by atomic mass is 10.0. The molecule has 7 nitrogen and oxygen atoms in total. The number of anilines is 1. The Hall–Kier alpha value is -3.52. The Bertz CT molecular complexity index is 1230. The Kier molecular flexibility index (Phi) is 4.99. The largest absolute Gasteiger partial charge is 0.468 e. The summed E-state index contributed by atoms with van der Waals surface area (Å²) in [4.78, 5) is 25.6. The SMILES string of the molecule is COC(=O)[C@H](c1ccc(F)cc1)N1CCN(c2ncnc3c2oc2ccccc23)CC1. The Balaban J connectivity index is 1.40. The number of carbonyl (C=O) groups is 1. The summed E-state index contributed by atoms with van der Waals surface area (Å²) in [5, 5.41) is 0.960. The average Bonchev–Trinajstić information content (AvgIpc) is 3.20. The molecule has 31 heavy (non-hydrogen) atoms. The standard InChI is InChI=1S/C23H21FN4O3/c1-30-23(29)20(15-6-8-16(24)9-7-15)27-10-12-28(13-11-27)22-21-19(25-14-26-22)17-4-2-3-5-18(17)31-21/h2-9,14,20H,10-13H2,1H3/t20-/m0/s1. The van der Waals surface area contributed by atoms with Crippen LogP contribution in [-0.4, -0.2) is 54.1 Å². The van der Waals surface area contributed by atoms with Gasteiger partial charge in [-0.15, -0.1) is 0 Å². The minimum Gasteiger partial charge on any atom is -0.468 e. The number of methoxy groups -OCH3 is 1. The van der Waals surface area contributed by atoms with Crippen molar-refractivity contribution in [1.29, 1.82) is 0 Å². The van der Waals surface area contributed by atoms with Crippen LogP contribution in [-0.2, 0) is 9.53 Å². The van der Waals surface area contributed by atoms with Gasteiger partial charge < -0.3 is 14.1 Å². The lowest BCUT2D eigenvalue weighted by Gasteiger charge is -2.38. The molecule has 0 N–H and O–H groups in total. The monoisotopic (exact) mass is 420 g/mol. The Labute approximate surface area is 178 Å². The third-order valence-electron chi connectivity index (χ3n) is 5.73. The van der Waals surface area contributed by atoms with Crippen LogP contribution in [0.1, 0.15) is 11.6 Å². The highest BCUT2D eigenvalue weighted by Gasteiger charge is 2.32. The van der Waals surface area contributed by atoms with E-state index in [-0.39, 0.29) is 11.8 Å². The first-order valence-electron chi connectivity index (χ1n) is 10.1. The molecule has 1 aliphatic rings. The molecule has 0 bridgehead atoms. The molecule has 0 spiro atoms. The predicted octanol–water partition coefficient (Wildman–Crippen LogP) is 3.55. The van der Waals surface area contributed by atoms with Crippen LogP contribution >= 0.6 is 0 Å².